The highest BCUT2D eigenvalue weighted by molar-refractivity contribution is 6.63. The van der Waals surface area contributed by atoms with E-state index in [9.17, 15) is 0 Å². The molecule has 0 bridgehead atoms. The fraction of sp³-hybridized carbons (Fsp3) is 0.212. The Morgan fingerprint density at radius 2 is 1.11 bits per heavy atom. The maximum Gasteiger partial charge on any atom is 0.633 e. The second-order valence-electron chi connectivity index (χ2n) is 10.8. The van der Waals surface area contributed by atoms with Crippen molar-refractivity contribution >= 4 is 34.1 Å². The van der Waals surface area contributed by atoms with Crippen LogP contribution in [0.5, 0.6) is 11.5 Å². The smallest absolute Gasteiger partial charge is 0.521 e. The van der Waals surface area contributed by atoms with Crippen molar-refractivity contribution in [3.8, 4) is 22.6 Å². The van der Waals surface area contributed by atoms with E-state index in [0.717, 1.165) is 28.1 Å². The minimum Gasteiger partial charge on any atom is -0.521 e. The topological polar surface area (TPSA) is 42.5 Å². The number of hydrogen-bond donors (Lipinski definition) is 2. The fourth-order valence-electron chi connectivity index (χ4n) is 6.77. The van der Waals surface area contributed by atoms with Gasteiger partial charge in [-0.3, -0.25) is 10.6 Å². The third-order valence-electron chi connectivity index (χ3n) is 8.59. The van der Waals surface area contributed by atoms with E-state index in [4.69, 9.17) is 9.31 Å². The summed E-state index contributed by atoms with van der Waals surface area (Å²) in [5, 5.41) is 12.5. The summed E-state index contributed by atoms with van der Waals surface area (Å²) in [6, 6.07) is 35.2. The van der Waals surface area contributed by atoms with Gasteiger partial charge in [-0.15, -0.1) is 0 Å². The Bertz CT molecular complexity index is 1580. The Hall–Kier alpha value is -3.80. The predicted molar refractivity (Wildman–Crippen MR) is 155 cm³/mol. The van der Waals surface area contributed by atoms with Gasteiger partial charge in [0.15, 0.2) is 0 Å². The van der Waals surface area contributed by atoms with Gasteiger partial charge in [-0.2, -0.15) is 0 Å². The van der Waals surface area contributed by atoms with Crippen LogP contribution in [0.2, 0.25) is 0 Å². The Balaban J connectivity index is 1.30. The lowest BCUT2D eigenvalue weighted by molar-refractivity contribution is 0.374. The molecule has 4 nitrogen and oxygen atoms in total. The molecule has 186 valence electrons. The van der Waals surface area contributed by atoms with E-state index in [0.29, 0.717) is 12.1 Å². The van der Waals surface area contributed by atoms with Crippen LogP contribution >= 0.6 is 0 Å². The van der Waals surface area contributed by atoms with E-state index in [1.807, 2.05) is 0 Å². The van der Waals surface area contributed by atoms with E-state index in [-0.39, 0.29) is 6.17 Å². The van der Waals surface area contributed by atoms with Crippen molar-refractivity contribution in [2.45, 2.75) is 43.9 Å². The highest BCUT2D eigenvalue weighted by Crippen LogP contribution is 2.47. The summed E-state index contributed by atoms with van der Waals surface area (Å²) in [7, 11) is -0.570. The van der Waals surface area contributed by atoms with Crippen molar-refractivity contribution in [2.75, 3.05) is 0 Å². The van der Waals surface area contributed by atoms with Crippen LogP contribution < -0.4 is 25.4 Å². The first-order valence-corrected chi connectivity index (χ1v) is 13.8. The van der Waals surface area contributed by atoms with Gasteiger partial charge in [-0.1, -0.05) is 97.8 Å². The van der Waals surface area contributed by atoms with Crippen LogP contribution in [0.15, 0.2) is 97.1 Å². The van der Waals surface area contributed by atoms with Gasteiger partial charge in [0, 0.05) is 28.7 Å². The molecule has 2 heterocycles. The minimum atomic E-state index is -0.570. The van der Waals surface area contributed by atoms with Gasteiger partial charge in [0.2, 0.25) is 0 Å². The van der Waals surface area contributed by atoms with Crippen LogP contribution in [0.1, 0.15) is 37.4 Å². The van der Waals surface area contributed by atoms with Gasteiger partial charge in [0.25, 0.3) is 0 Å². The van der Waals surface area contributed by atoms with Gasteiger partial charge in [-0.05, 0) is 52.1 Å². The van der Waals surface area contributed by atoms with Crippen molar-refractivity contribution in [1.29, 1.82) is 0 Å². The van der Waals surface area contributed by atoms with Gasteiger partial charge in [0.1, 0.15) is 11.5 Å². The molecule has 1 aliphatic carbocycles. The van der Waals surface area contributed by atoms with Crippen LogP contribution in [0, 0.1) is 0 Å². The predicted octanol–water partition coefficient (Wildman–Crippen LogP) is 6.33. The third kappa shape index (κ3) is 3.53. The number of fused-ring (bicyclic) bond motifs is 8. The van der Waals surface area contributed by atoms with Crippen molar-refractivity contribution in [3.63, 3.8) is 0 Å². The van der Waals surface area contributed by atoms with Crippen molar-refractivity contribution in [3.05, 3.63) is 103 Å². The summed E-state index contributed by atoms with van der Waals surface area (Å²) >= 11 is 0. The molecule has 38 heavy (non-hydrogen) atoms. The van der Waals surface area contributed by atoms with Gasteiger partial charge < -0.3 is 9.31 Å². The monoisotopic (exact) mass is 496 g/mol. The molecule has 5 aromatic rings. The van der Waals surface area contributed by atoms with Crippen LogP contribution in [0.3, 0.4) is 0 Å². The lowest BCUT2D eigenvalue weighted by atomic mass is 9.74. The molecule has 0 aromatic heterocycles. The molecule has 2 N–H and O–H groups in total. The Morgan fingerprint density at radius 3 is 1.71 bits per heavy atom. The molecule has 1 saturated carbocycles. The number of nitrogens with one attached hydrogen (secondary N) is 2. The fourth-order valence-corrected chi connectivity index (χ4v) is 6.77. The molecule has 2 atom stereocenters. The molecular weight excluding hydrogens is 467 g/mol. The second-order valence-corrected chi connectivity index (χ2v) is 10.8. The molecule has 0 spiro atoms. The van der Waals surface area contributed by atoms with Crippen LogP contribution in [0.25, 0.3) is 32.7 Å². The average molecular weight is 496 g/mol. The summed E-state index contributed by atoms with van der Waals surface area (Å²) in [6.45, 7) is 0. The van der Waals surface area contributed by atoms with E-state index in [1.54, 1.807) is 0 Å². The van der Waals surface area contributed by atoms with Crippen LogP contribution in [-0.2, 0) is 0 Å². The summed E-state index contributed by atoms with van der Waals surface area (Å²) in [5.74, 6) is 1.69. The first kappa shape index (κ1) is 22.2. The van der Waals surface area contributed by atoms with E-state index in [2.05, 4.69) is 108 Å². The average Bonchev–Trinajstić information content (AvgIpc) is 3.33. The zero-order valence-electron chi connectivity index (χ0n) is 21.2. The lowest BCUT2D eigenvalue weighted by Gasteiger charge is -2.23. The molecule has 8 rings (SSSR count). The zero-order chi connectivity index (χ0) is 25.1. The summed E-state index contributed by atoms with van der Waals surface area (Å²) in [6.07, 6.45) is 5.15. The molecule has 5 aromatic carbocycles. The zero-order valence-corrected chi connectivity index (χ0v) is 21.2. The standard InChI is InChI=1S/C33H29BN2O2/c1-3-11-23-21(9-1)17-19-29-31(23)32-24-12-4-2-10-22(24)18-20-30(32)38-34(37-29)26-14-6-5-13-25(26)33-35-27-15-7-8-16-28(27)36-33/h1-6,9-14,17-20,27-28,33,35-36H,7-8,15-16H2/t27-,28-/m1/s1. The summed E-state index contributed by atoms with van der Waals surface area (Å²) in [4.78, 5) is 0. The largest absolute Gasteiger partial charge is 0.633 e. The van der Waals surface area contributed by atoms with Gasteiger partial charge in [0.05, 0.1) is 6.17 Å². The highest BCUT2D eigenvalue weighted by atomic mass is 16.6. The number of benzene rings is 5. The molecule has 3 aliphatic rings. The Morgan fingerprint density at radius 1 is 0.579 bits per heavy atom. The van der Waals surface area contributed by atoms with Crippen molar-refractivity contribution in [2.24, 2.45) is 0 Å². The molecule has 1 saturated heterocycles. The van der Waals surface area contributed by atoms with Crippen LogP contribution in [-0.4, -0.2) is 19.2 Å². The third-order valence-corrected chi connectivity index (χ3v) is 8.59. The summed E-state index contributed by atoms with van der Waals surface area (Å²) in [5.41, 5.74) is 4.44. The normalized spacial score (nSPS) is 20.8. The quantitative estimate of drug-likeness (QED) is 0.281. The second kappa shape index (κ2) is 8.90. The maximum atomic E-state index is 6.82. The van der Waals surface area contributed by atoms with E-state index >= 15 is 0 Å². The Labute approximate surface area is 223 Å². The van der Waals surface area contributed by atoms with Crippen molar-refractivity contribution < 1.29 is 9.31 Å². The number of hydrogen-bond acceptors (Lipinski definition) is 4. The Kier molecular flexibility index (Phi) is 5.20. The molecule has 0 amide bonds. The molecule has 0 radical (unpaired) electrons. The van der Waals surface area contributed by atoms with Gasteiger partial charge >= 0.3 is 7.12 Å². The lowest BCUT2D eigenvalue weighted by Crippen LogP contribution is -2.46. The van der Waals surface area contributed by atoms with Crippen LogP contribution in [0.4, 0.5) is 0 Å². The first-order chi connectivity index (χ1) is 18.8. The molecular formula is C33H29BN2O2. The van der Waals surface area contributed by atoms with Crippen molar-refractivity contribution in [1.82, 2.24) is 10.6 Å². The minimum absolute atomic E-state index is 0.0851. The number of rotatable bonds is 2. The van der Waals surface area contributed by atoms with E-state index < -0.39 is 7.12 Å². The summed E-state index contributed by atoms with van der Waals surface area (Å²) < 4.78 is 13.6. The first-order valence-electron chi connectivity index (χ1n) is 13.8. The van der Waals surface area contributed by atoms with Gasteiger partial charge in [-0.25, -0.2) is 0 Å². The molecule has 0 unspecified atom stereocenters. The maximum absolute atomic E-state index is 6.82. The molecule has 2 aliphatic heterocycles. The molecule has 2 fully saturated rings. The van der Waals surface area contributed by atoms with E-state index in [1.165, 1.54) is 52.8 Å². The molecule has 5 heteroatoms. The SMILES string of the molecule is c1ccc(C2N[C@@H]3CCCC[C@H]3N2)c(B2Oc3ccc4ccccc4c3-c3c(ccc4ccccc34)O2)c1. The highest BCUT2D eigenvalue weighted by Gasteiger charge is 2.40.